The van der Waals surface area contributed by atoms with Crippen molar-refractivity contribution in [3.8, 4) is 0 Å². The van der Waals surface area contributed by atoms with E-state index in [-0.39, 0.29) is 5.91 Å². The highest BCUT2D eigenvalue weighted by Gasteiger charge is 2.11. The summed E-state index contributed by atoms with van der Waals surface area (Å²) in [4.78, 5) is 11.4. The van der Waals surface area contributed by atoms with Crippen molar-refractivity contribution in [1.82, 2.24) is 5.32 Å². The summed E-state index contributed by atoms with van der Waals surface area (Å²) in [7, 11) is 0. The molecule has 0 bridgehead atoms. The van der Waals surface area contributed by atoms with Gasteiger partial charge < -0.3 is 5.32 Å². The van der Waals surface area contributed by atoms with E-state index in [9.17, 15) is 4.79 Å². The van der Waals surface area contributed by atoms with Crippen LogP contribution in [0.4, 0.5) is 0 Å². The monoisotopic (exact) mass is 261 g/mol. The minimum Gasteiger partial charge on any atom is -0.348 e. The Balaban J connectivity index is 2.38. The molecule has 1 N–H and O–H groups in total. The molecule has 0 spiro atoms. The van der Waals surface area contributed by atoms with Crippen LogP contribution in [0.5, 0.6) is 0 Å². The third-order valence-corrected chi connectivity index (χ3v) is 2.96. The second-order valence-electron chi connectivity index (χ2n) is 2.77. The lowest BCUT2D eigenvalue weighted by Crippen LogP contribution is -2.27. The highest BCUT2D eigenvalue weighted by Crippen LogP contribution is 2.16. The second-order valence-corrected chi connectivity index (χ2v) is 5.00. The normalized spacial score (nSPS) is 16.2. The quantitative estimate of drug-likeness (QED) is 0.843. The average Bonchev–Trinajstić information content (AvgIpc) is 2.15. The minimum absolute atomic E-state index is 0.0350. The lowest BCUT2D eigenvalue weighted by molar-refractivity contribution is -0.117. The topological polar surface area (TPSA) is 29.1 Å². The van der Waals surface area contributed by atoms with Crippen LogP contribution in [-0.4, -0.2) is 24.0 Å². The summed E-state index contributed by atoms with van der Waals surface area (Å²) in [5, 5.41) is 2.78. The standard InChI is InChI=1S/C9H12BrNOS/c1-7(10)5-11-9(12)8-3-2-4-13-6-8/h3H,1-2,4-6H2,(H,11,12). The molecule has 4 heteroatoms. The first kappa shape index (κ1) is 10.9. The van der Waals surface area contributed by atoms with Crippen LogP contribution in [0.2, 0.25) is 0 Å². The van der Waals surface area contributed by atoms with E-state index in [2.05, 4.69) is 27.8 Å². The van der Waals surface area contributed by atoms with E-state index >= 15 is 0 Å². The molecule has 0 aromatic heterocycles. The molecule has 1 aliphatic rings. The van der Waals surface area contributed by atoms with E-state index in [0.717, 1.165) is 28.0 Å². The fraction of sp³-hybridized carbons (Fsp3) is 0.444. The van der Waals surface area contributed by atoms with Gasteiger partial charge in [0, 0.05) is 22.4 Å². The molecule has 72 valence electrons. The van der Waals surface area contributed by atoms with Crippen LogP contribution in [0.3, 0.4) is 0 Å². The van der Waals surface area contributed by atoms with Gasteiger partial charge in [-0.1, -0.05) is 28.6 Å². The predicted molar refractivity (Wildman–Crippen MR) is 61.1 cm³/mol. The average molecular weight is 262 g/mol. The summed E-state index contributed by atoms with van der Waals surface area (Å²) < 4.78 is 0.796. The third-order valence-electron chi connectivity index (χ3n) is 1.64. The van der Waals surface area contributed by atoms with Gasteiger partial charge in [-0.3, -0.25) is 4.79 Å². The van der Waals surface area contributed by atoms with Gasteiger partial charge in [-0.15, -0.1) is 0 Å². The molecule has 2 nitrogen and oxygen atoms in total. The van der Waals surface area contributed by atoms with Crippen molar-refractivity contribution in [2.24, 2.45) is 0 Å². The Hall–Kier alpha value is -0.220. The number of amides is 1. The van der Waals surface area contributed by atoms with Crippen molar-refractivity contribution in [3.63, 3.8) is 0 Å². The first-order valence-electron chi connectivity index (χ1n) is 4.08. The SMILES string of the molecule is C=C(Br)CNC(=O)C1=CCCSC1. The number of nitrogens with one attached hydrogen (secondary N) is 1. The predicted octanol–water partition coefficient (Wildman–Crippen LogP) is 2.07. The van der Waals surface area contributed by atoms with Crippen molar-refractivity contribution < 1.29 is 4.79 Å². The van der Waals surface area contributed by atoms with Crippen molar-refractivity contribution in [2.45, 2.75) is 6.42 Å². The summed E-state index contributed by atoms with van der Waals surface area (Å²) in [5.74, 6) is 2.00. The summed E-state index contributed by atoms with van der Waals surface area (Å²) >= 11 is 5.00. The molecule has 0 fully saturated rings. The smallest absolute Gasteiger partial charge is 0.248 e. The van der Waals surface area contributed by atoms with Crippen molar-refractivity contribution in [3.05, 3.63) is 22.7 Å². The molecule has 0 saturated heterocycles. The van der Waals surface area contributed by atoms with Crippen LogP contribution in [0.15, 0.2) is 22.7 Å². The number of rotatable bonds is 3. The summed E-state index contributed by atoms with van der Waals surface area (Å²) in [5.41, 5.74) is 0.894. The van der Waals surface area contributed by atoms with Crippen LogP contribution in [0.1, 0.15) is 6.42 Å². The number of hydrogen-bond acceptors (Lipinski definition) is 2. The molecule has 0 unspecified atom stereocenters. The number of carbonyl (C=O) groups is 1. The fourth-order valence-electron chi connectivity index (χ4n) is 1.01. The zero-order valence-corrected chi connectivity index (χ0v) is 9.71. The number of thioether (sulfide) groups is 1. The maximum absolute atomic E-state index is 11.4. The van der Waals surface area contributed by atoms with Crippen molar-refractivity contribution in [2.75, 3.05) is 18.1 Å². The largest absolute Gasteiger partial charge is 0.348 e. The van der Waals surface area contributed by atoms with Gasteiger partial charge in [0.15, 0.2) is 0 Å². The molecule has 1 rings (SSSR count). The van der Waals surface area contributed by atoms with Gasteiger partial charge in [-0.2, -0.15) is 11.8 Å². The molecule has 0 saturated carbocycles. The van der Waals surface area contributed by atoms with E-state index in [0.29, 0.717) is 6.54 Å². The van der Waals surface area contributed by atoms with Gasteiger partial charge in [-0.05, 0) is 12.2 Å². The Morgan fingerprint density at radius 2 is 2.54 bits per heavy atom. The van der Waals surface area contributed by atoms with E-state index in [1.54, 1.807) is 11.8 Å². The zero-order chi connectivity index (χ0) is 9.68. The van der Waals surface area contributed by atoms with E-state index in [4.69, 9.17) is 0 Å². The Labute approximate surface area is 91.0 Å². The van der Waals surface area contributed by atoms with E-state index < -0.39 is 0 Å². The van der Waals surface area contributed by atoms with Crippen LogP contribution in [0, 0.1) is 0 Å². The molecule has 0 aromatic rings. The van der Waals surface area contributed by atoms with Gasteiger partial charge in [0.05, 0.1) is 0 Å². The fourth-order valence-corrected chi connectivity index (χ4v) is 2.04. The van der Waals surface area contributed by atoms with E-state index in [1.165, 1.54) is 0 Å². The number of carbonyl (C=O) groups excluding carboxylic acids is 1. The molecular weight excluding hydrogens is 250 g/mol. The third kappa shape index (κ3) is 4.00. The maximum Gasteiger partial charge on any atom is 0.248 e. The van der Waals surface area contributed by atoms with Crippen molar-refractivity contribution >= 4 is 33.6 Å². The minimum atomic E-state index is 0.0350. The van der Waals surface area contributed by atoms with Gasteiger partial charge in [0.2, 0.25) is 5.91 Å². The van der Waals surface area contributed by atoms with Crippen LogP contribution in [0.25, 0.3) is 0 Å². The highest BCUT2D eigenvalue weighted by atomic mass is 79.9. The summed E-state index contributed by atoms with van der Waals surface area (Å²) in [6, 6.07) is 0. The molecular formula is C9H12BrNOS. The molecule has 1 amide bonds. The van der Waals surface area contributed by atoms with E-state index in [1.807, 2.05) is 6.08 Å². The molecule has 0 atom stereocenters. The van der Waals surface area contributed by atoms with Crippen LogP contribution >= 0.6 is 27.7 Å². The van der Waals surface area contributed by atoms with Crippen LogP contribution < -0.4 is 5.32 Å². The molecule has 1 heterocycles. The Kier molecular flexibility index (Phi) is 4.59. The molecule has 0 radical (unpaired) electrons. The summed E-state index contributed by atoms with van der Waals surface area (Å²) in [6.07, 6.45) is 3.02. The van der Waals surface area contributed by atoms with Crippen LogP contribution in [-0.2, 0) is 4.79 Å². The molecule has 0 aromatic carbocycles. The zero-order valence-electron chi connectivity index (χ0n) is 7.31. The summed E-state index contributed by atoms with van der Waals surface area (Å²) in [6.45, 7) is 4.15. The number of allylic oxidation sites excluding steroid dienone is 1. The molecule has 1 aliphatic heterocycles. The van der Waals surface area contributed by atoms with Gasteiger partial charge in [0.1, 0.15) is 0 Å². The first-order valence-corrected chi connectivity index (χ1v) is 6.03. The van der Waals surface area contributed by atoms with Crippen molar-refractivity contribution in [1.29, 1.82) is 0 Å². The lowest BCUT2D eigenvalue weighted by atomic mass is 10.2. The highest BCUT2D eigenvalue weighted by molar-refractivity contribution is 9.11. The Morgan fingerprint density at radius 1 is 1.77 bits per heavy atom. The lowest BCUT2D eigenvalue weighted by Gasteiger charge is -2.11. The van der Waals surface area contributed by atoms with Gasteiger partial charge >= 0.3 is 0 Å². The first-order chi connectivity index (χ1) is 6.20. The van der Waals surface area contributed by atoms with Gasteiger partial charge in [0.25, 0.3) is 0 Å². The number of halogens is 1. The molecule has 13 heavy (non-hydrogen) atoms. The van der Waals surface area contributed by atoms with Gasteiger partial charge in [-0.25, -0.2) is 0 Å². The Morgan fingerprint density at radius 3 is 3.08 bits per heavy atom. The number of hydrogen-bond donors (Lipinski definition) is 1. The second kappa shape index (κ2) is 5.50. The maximum atomic E-state index is 11.4. The Bertz CT molecular complexity index is 250. The molecule has 0 aliphatic carbocycles.